The standard InChI is InChI=1S/C18H20BrN5O/c1-13-14(12-24(22-13)15-8-4-3-5-9-15)7-6-10-20-16-11-21-23(2)18(25)17(16)19/h3-5,8-9,11-12,20H,6-7,10H2,1-2H3. The fraction of sp³-hybridized carbons (Fsp3) is 0.278. The molecule has 0 saturated heterocycles. The average molecular weight is 402 g/mol. The van der Waals surface area contributed by atoms with Crippen LogP contribution in [0.15, 0.2) is 52.0 Å². The lowest BCUT2D eigenvalue weighted by Crippen LogP contribution is -2.21. The second kappa shape index (κ2) is 7.65. The zero-order chi connectivity index (χ0) is 17.8. The molecule has 130 valence electrons. The Kier molecular flexibility index (Phi) is 5.33. The van der Waals surface area contributed by atoms with Gasteiger partial charge in [-0.3, -0.25) is 4.79 Å². The van der Waals surface area contributed by atoms with Crippen molar-refractivity contribution in [3.8, 4) is 5.69 Å². The predicted molar refractivity (Wildman–Crippen MR) is 102 cm³/mol. The maximum absolute atomic E-state index is 11.8. The Balaban J connectivity index is 1.59. The fourth-order valence-electron chi connectivity index (χ4n) is 2.59. The van der Waals surface area contributed by atoms with E-state index in [9.17, 15) is 4.79 Å². The zero-order valence-corrected chi connectivity index (χ0v) is 15.8. The van der Waals surface area contributed by atoms with E-state index in [1.54, 1.807) is 13.2 Å². The van der Waals surface area contributed by atoms with Gasteiger partial charge in [-0.1, -0.05) is 18.2 Å². The molecule has 0 unspecified atom stereocenters. The molecule has 1 aromatic carbocycles. The summed E-state index contributed by atoms with van der Waals surface area (Å²) in [6, 6.07) is 10.1. The van der Waals surface area contributed by atoms with Crippen LogP contribution in [-0.4, -0.2) is 26.1 Å². The molecule has 0 amide bonds. The van der Waals surface area contributed by atoms with Crippen molar-refractivity contribution in [3.05, 3.63) is 68.8 Å². The number of rotatable bonds is 6. The van der Waals surface area contributed by atoms with Crippen molar-refractivity contribution in [2.75, 3.05) is 11.9 Å². The van der Waals surface area contributed by atoms with Gasteiger partial charge in [-0.25, -0.2) is 9.36 Å². The van der Waals surface area contributed by atoms with Gasteiger partial charge in [-0.15, -0.1) is 0 Å². The number of nitrogens with one attached hydrogen (secondary N) is 1. The molecule has 0 aliphatic rings. The lowest BCUT2D eigenvalue weighted by Gasteiger charge is -2.08. The molecular formula is C18H20BrN5O. The van der Waals surface area contributed by atoms with Crippen LogP contribution < -0.4 is 10.9 Å². The van der Waals surface area contributed by atoms with Gasteiger partial charge < -0.3 is 5.32 Å². The molecule has 0 bridgehead atoms. The third kappa shape index (κ3) is 3.99. The Morgan fingerprint density at radius 2 is 2.00 bits per heavy atom. The summed E-state index contributed by atoms with van der Waals surface area (Å²) in [4.78, 5) is 11.8. The Hall–Kier alpha value is -2.41. The van der Waals surface area contributed by atoms with Crippen molar-refractivity contribution in [2.24, 2.45) is 7.05 Å². The van der Waals surface area contributed by atoms with Crippen molar-refractivity contribution in [1.82, 2.24) is 19.6 Å². The van der Waals surface area contributed by atoms with Gasteiger partial charge in [0.15, 0.2) is 0 Å². The van der Waals surface area contributed by atoms with E-state index in [2.05, 4.69) is 37.6 Å². The highest BCUT2D eigenvalue weighted by Gasteiger charge is 2.08. The molecular weight excluding hydrogens is 382 g/mol. The summed E-state index contributed by atoms with van der Waals surface area (Å²) in [5.41, 5.74) is 3.90. The van der Waals surface area contributed by atoms with Gasteiger partial charge >= 0.3 is 0 Å². The van der Waals surface area contributed by atoms with Gasteiger partial charge in [0.2, 0.25) is 0 Å². The van der Waals surface area contributed by atoms with Crippen LogP contribution in [0.1, 0.15) is 17.7 Å². The smallest absolute Gasteiger partial charge is 0.282 e. The normalized spacial score (nSPS) is 10.8. The topological polar surface area (TPSA) is 64.7 Å². The van der Waals surface area contributed by atoms with Crippen LogP contribution in [0.5, 0.6) is 0 Å². The molecule has 0 spiro atoms. The average Bonchev–Trinajstić information content (AvgIpc) is 3.00. The molecule has 1 N–H and O–H groups in total. The summed E-state index contributed by atoms with van der Waals surface area (Å²) in [7, 11) is 1.63. The first-order valence-electron chi connectivity index (χ1n) is 8.12. The van der Waals surface area contributed by atoms with Crippen LogP contribution in [0, 0.1) is 6.92 Å². The Bertz CT molecular complexity index is 917. The molecule has 0 aliphatic carbocycles. The largest absolute Gasteiger partial charge is 0.383 e. The van der Waals surface area contributed by atoms with Crippen molar-refractivity contribution in [1.29, 1.82) is 0 Å². The Morgan fingerprint density at radius 3 is 2.76 bits per heavy atom. The lowest BCUT2D eigenvalue weighted by atomic mass is 10.1. The molecule has 0 fully saturated rings. The van der Waals surface area contributed by atoms with E-state index in [-0.39, 0.29) is 5.56 Å². The molecule has 0 aliphatic heterocycles. The predicted octanol–water partition coefficient (Wildman–Crippen LogP) is 3.08. The highest BCUT2D eigenvalue weighted by molar-refractivity contribution is 9.10. The molecule has 0 saturated carbocycles. The minimum atomic E-state index is -0.148. The van der Waals surface area contributed by atoms with Gasteiger partial charge in [-0.05, 0) is 53.4 Å². The summed E-state index contributed by atoms with van der Waals surface area (Å²) in [5, 5.41) is 11.9. The van der Waals surface area contributed by atoms with Crippen LogP contribution in [0.25, 0.3) is 5.69 Å². The van der Waals surface area contributed by atoms with Crippen molar-refractivity contribution < 1.29 is 0 Å². The molecule has 2 aromatic heterocycles. The van der Waals surface area contributed by atoms with E-state index in [0.717, 1.165) is 36.5 Å². The van der Waals surface area contributed by atoms with Crippen molar-refractivity contribution >= 4 is 21.6 Å². The molecule has 7 heteroatoms. The van der Waals surface area contributed by atoms with Crippen molar-refractivity contribution in [3.63, 3.8) is 0 Å². The maximum Gasteiger partial charge on any atom is 0.282 e. The van der Waals surface area contributed by atoms with E-state index >= 15 is 0 Å². The van der Waals surface area contributed by atoms with E-state index in [1.165, 1.54) is 10.2 Å². The summed E-state index contributed by atoms with van der Waals surface area (Å²) < 4.78 is 3.73. The van der Waals surface area contributed by atoms with E-state index in [0.29, 0.717) is 4.47 Å². The summed E-state index contributed by atoms with van der Waals surface area (Å²) in [6.45, 7) is 2.78. The van der Waals surface area contributed by atoms with Crippen molar-refractivity contribution in [2.45, 2.75) is 19.8 Å². The monoisotopic (exact) mass is 401 g/mol. The molecule has 2 heterocycles. The summed E-state index contributed by atoms with van der Waals surface area (Å²) in [6.07, 6.45) is 5.59. The number of aromatic nitrogens is 4. The van der Waals surface area contributed by atoms with Crippen LogP contribution in [0.4, 0.5) is 5.69 Å². The Labute approximate surface area is 154 Å². The van der Waals surface area contributed by atoms with E-state index in [1.807, 2.05) is 41.9 Å². The number of aryl methyl sites for hydroxylation is 3. The van der Waals surface area contributed by atoms with Crippen LogP contribution in [-0.2, 0) is 13.5 Å². The lowest BCUT2D eigenvalue weighted by molar-refractivity contribution is 0.702. The Morgan fingerprint density at radius 1 is 1.24 bits per heavy atom. The molecule has 6 nitrogen and oxygen atoms in total. The SMILES string of the molecule is Cc1nn(-c2ccccc2)cc1CCCNc1cnn(C)c(=O)c1Br. The number of benzene rings is 1. The number of anilines is 1. The molecule has 25 heavy (non-hydrogen) atoms. The van der Waals surface area contributed by atoms with Gasteiger partial charge in [-0.2, -0.15) is 10.2 Å². The molecule has 3 aromatic rings. The third-order valence-corrected chi connectivity index (χ3v) is 4.80. The second-order valence-corrected chi connectivity index (χ2v) is 6.64. The van der Waals surface area contributed by atoms with Crippen LogP contribution >= 0.6 is 15.9 Å². The number of halogens is 1. The van der Waals surface area contributed by atoms with Crippen LogP contribution in [0.3, 0.4) is 0 Å². The number of para-hydroxylation sites is 1. The second-order valence-electron chi connectivity index (χ2n) is 5.85. The van der Waals surface area contributed by atoms with Gasteiger partial charge in [0.1, 0.15) is 4.47 Å². The first-order chi connectivity index (χ1) is 12.1. The van der Waals surface area contributed by atoms with Crippen LogP contribution in [0.2, 0.25) is 0 Å². The van der Waals surface area contributed by atoms with Gasteiger partial charge in [0, 0.05) is 19.8 Å². The number of hydrogen-bond donors (Lipinski definition) is 1. The van der Waals surface area contributed by atoms with E-state index in [4.69, 9.17) is 0 Å². The minimum Gasteiger partial charge on any atom is -0.383 e. The van der Waals surface area contributed by atoms with E-state index < -0.39 is 0 Å². The molecule has 0 radical (unpaired) electrons. The fourth-order valence-corrected chi connectivity index (χ4v) is 3.09. The summed E-state index contributed by atoms with van der Waals surface area (Å²) in [5.74, 6) is 0. The first-order valence-corrected chi connectivity index (χ1v) is 8.92. The quantitative estimate of drug-likeness (QED) is 0.644. The summed E-state index contributed by atoms with van der Waals surface area (Å²) >= 11 is 3.32. The van der Waals surface area contributed by atoms with Gasteiger partial charge in [0.25, 0.3) is 5.56 Å². The zero-order valence-electron chi connectivity index (χ0n) is 14.2. The highest BCUT2D eigenvalue weighted by Crippen LogP contribution is 2.17. The minimum absolute atomic E-state index is 0.148. The highest BCUT2D eigenvalue weighted by atomic mass is 79.9. The van der Waals surface area contributed by atoms with Gasteiger partial charge in [0.05, 0.1) is 23.3 Å². The third-order valence-electron chi connectivity index (χ3n) is 4.04. The molecule has 3 rings (SSSR count). The first kappa shape index (κ1) is 17.4. The number of hydrogen-bond acceptors (Lipinski definition) is 4. The number of nitrogens with zero attached hydrogens (tertiary/aromatic N) is 4. The maximum atomic E-state index is 11.8. The molecule has 0 atom stereocenters.